The van der Waals surface area contributed by atoms with Crippen LogP contribution < -0.4 is 10.6 Å². The van der Waals surface area contributed by atoms with Gasteiger partial charge in [0.15, 0.2) is 5.96 Å². The van der Waals surface area contributed by atoms with E-state index in [0.29, 0.717) is 6.54 Å². The molecule has 0 spiro atoms. The van der Waals surface area contributed by atoms with Crippen LogP contribution in [0.5, 0.6) is 0 Å². The molecule has 0 unspecified atom stereocenters. The molecule has 1 aliphatic carbocycles. The van der Waals surface area contributed by atoms with E-state index in [9.17, 15) is 4.79 Å². The zero-order valence-electron chi connectivity index (χ0n) is 15.7. The highest BCUT2D eigenvalue weighted by molar-refractivity contribution is 14.0. The van der Waals surface area contributed by atoms with Crippen LogP contribution in [0.2, 0.25) is 0 Å². The maximum Gasteiger partial charge on any atom is 0.230 e. The van der Waals surface area contributed by atoms with Crippen LogP contribution in [0.4, 0.5) is 0 Å². The molecule has 0 aromatic rings. The average Bonchev–Trinajstić information content (AvgIpc) is 3.01. The number of thioether (sulfide) groups is 1. The van der Waals surface area contributed by atoms with Crippen LogP contribution >= 0.6 is 35.7 Å². The highest BCUT2D eigenvalue weighted by Crippen LogP contribution is 2.39. The Morgan fingerprint density at radius 3 is 2.42 bits per heavy atom. The van der Waals surface area contributed by atoms with Crippen molar-refractivity contribution in [3.63, 3.8) is 0 Å². The number of amides is 1. The number of carbonyl (C=O) groups is 1. The number of aliphatic imine (C=N–C) groups is 1. The summed E-state index contributed by atoms with van der Waals surface area (Å²) >= 11 is 1.89. The molecule has 142 valence electrons. The molecule has 0 radical (unpaired) electrons. The van der Waals surface area contributed by atoms with E-state index in [1.807, 2.05) is 25.9 Å². The van der Waals surface area contributed by atoms with E-state index in [1.54, 1.807) is 4.90 Å². The summed E-state index contributed by atoms with van der Waals surface area (Å²) in [5, 5.41) is 6.69. The van der Waals surface area contributed by atoms with Crippen LogP contribution in [0.15, 0.2) is 4.99 Å². The predicted molar refractivity (Wildman–Crippen MR) is 117 cm³/mol. The largest absolute Gasteiger partial charge is 0.357 e. The van der Waals surface area contributed by atoms with Crippen molar-refractivity contribution in [2.24, 2.45) is 10.4 Å². The van der Waals surface area contributed by atoms with Crippen molar-refractivity contribution < 1.29 is 4.79 Å². The number of nitrogens with zero attached hydrogens (tertiary/aromatic N) is 2. The van der Waals surface area contributed by atoms with Crippen LogP contribution in [-0.4, -0.2) is 62.5 Å². The Hall–Kier alpha value is -0.180. The van der Waals surface area contributed by atoms with Crippen molar-refractivity contribution in [1.82, 2.24) is 15.5 Å². The van der Waals surface area contributed by atoms with Gasteiger partial charge in [-0.25, -0.2) is 0 Å². The second kappa shape index (κ2) is 13.1. The third-order valence-electron chi connectivity index (χ3n) is 4.37. The summed E-state index contributed by atoms with van der Waals surface area (Å²) in [5.41, 5.74) is -0.287. The number of nitrogens with one attached hydrogen (secondary N) is 2. The SMILES string of the molecule is CCNC(=NCC1(C(=O)N(C)C)CCCC1)NCCCCSC.I. The highest BCUT2D eigenvalue weighted by atomic mass is 127. The number of hydrogen-bond donors (Lipinski definition) is 2. The van der Waals surface area contributed by atoms with Gasteiger partial charge in [-0.15, -0.1) is 24.0 Å². The Bertz CT molecular complexity index is 385. The summed E-state index contributed by atoms with van der Waals surface area (Å²) in [4.78, 5) is 19.0. The fraction of sp³-hybridized carbons (Fsp3) is 0.882. The molecule has 2 N–H and O–H groups in total. The van der Waals surface area contributed by atoms with Crippen molar-refractivity contribution >= 4 is 47.6 Å². The van der Waals surface area contributed by atoms with E-state index in [0.717, 1.165) is 51.2 Å². The normalized spacial score (nSPS) is 16.4. The van der Waals surface area contributed by atoms with E-state index in [2.05, 4.69) is 23.8 Å². The fourth-order valence-electron chi connectivity index (χ4n) is 3.12. The molecule has 7 heteroatoms. The third-order valence-corrected chi connectivity index (χ3v) is 5.07. The molecular formula is C17H35IN4OS. The van der Waals surface area contributed by atoms with E-state index >= 15 is 0 Å². The second-order valence-electron chi connectivity index (χ2n) is 6.51. The standard InChI is InChI=1S/C17H34N4OS.HI/c1-5-18-16(19-12-8-9-13-23-4)20-14-17(10-6-7-11-17)15(22)21(2)3;/h5-14H2,1-4H3,(H2,18,19,20);1H. The van der Waals surface area contributed by atoms with Gasteiger partial charge in [-0.1, -0.05) is 12.8 Å². The maximum atomic E-state index is 12.6. The molecule has 0 aliphatic heterocycles. The zero-order chi connectivity index (χ0) is 17.1. The number of unbranched alkanes of at least 4 members (excludes halogenated alkanes) is 1. The average molecular weight is 470 g/mol. The first-order valence-electron chi connectivity index (χ1n) is 8.78. The minimum Gasteiger partial charge on any atom is -0.357 e. The molecular weight excluding hydrogens is 435 g/mol. The number of hydrogen-bond acceptors (Lipinski definition) is 3. The van der Waals surface area contributed by atoms with Gasteiger partial charge in [0.1, 0.15) is 0 Å². The monoisotopic (exact) mass is 470 g/mol. The molecule has 0 atom stereocenters. The van der Waals surface area contributed by atoms with Crippen molar-refractivity contribution in [1.29, 1.82) is 0 Å². The lowest BCUT2D eigenvalue weighted by molar-refractivity contribution is -0.138. The third kappa shape index (κ3) is 7.80. The van der Waals surface area contributed by atoms with Gasteiger partial charge in [0, 0.05) is 27.2 Å². The van der Waals surface area contributed by atoms with Crippen LogP contribution in [0.1, 0.15) is 45.4 Å². The lowest BCUT2D eigenvalue weighted by atomic mass is 9.85. The fourth-order valence-corrected chi connectivity index (χ4v) is 3.61. The summed E-state index contributed by atoms with van der Waals surface area (Å²) in [5.74, 6) is 2.28. The number of guanidine groups is 1. The van der Waals surface area contributed by atoms with Crippen molar-refractivity contribution in [2.75, 3.05) is 45.7 Å². The molecule has 0 saturated heterocycles. The first-order valence-corrected chi connectivity index (χ1v) is 10.2. The molecule has 1 aliphatic rings. The second-order valence-corrected chi connectivity index (χ2v) is 7.49. The van der Waals surface area contributed by atoms with Crippen LogP contribution in [-0.2, 0) is 4.79 Å². The van der Waals surface area contributed by atoms with Crippen LogP contribution in [0.3, 0.4) is 0 Å². The van der Waals surface area contributed by atoms with Crippen molar-refractivity contribution in [3.05, 3.63) is 0 Å². The predicted octanol–water partition coefficient (Wildman–Crippen LogP) is 2.95. The number of carbonyl (C=O) groups excluding carboxylic acids is 1. The summed E-state index contributed by atoms with van der Waals surface area (Å²) in [7, 11) is 3.70. The van der Waals surface area contributed by atoms with Gasteiger partial charge in [0.05, 0.1) is 12.0 Å². The lowest BCUT2D eigenvalue weighted by Gasteiger charge is -2.29. The van der Waals surface area contributed by atoms with E-state index < -0.39 is 0 Å². The maximum absolute atomic E-state index is 12.6. The Labute approximate surface area is 169 Å². The van der Waals surface area contributed by atoms with Crippen molar-refractivity contribution in [2.45, 2.75) is 45.4 Å². The molecule has 5 nitrogen and oxygen atoms in total. The first-order chi connectivity index (χ1) is 11.1. The van der Waals surface area contributed by atoms with Gasteiger partial charge in [0.2, 0.25) is 5.91 Å². The summed E-state index contributed by atoms with van der Waals surface area (Å²) in [6, 6.07) is 0. The van der Waals surface area contributed by atoms with Gasteiger partial charge in [0.25, 0.3) is 0 Å². The highest BCUT2D eigenvalue weighted by Gasteiger charge is 2.41. The molecule has 0 aromatic heterocycles. The molecule has 0 aromatic carbocycles. The molecule has 1 rings (SSSR count). The first kappa shape index (κ1) is 23.8. The van der Waals surface area contributed by atoms with Gasteiger partial charge < -0.3 is 15.5 Å². The van der Waals surface area contributed by atoms with Gasteiger partial charge in [-0.2, -0.15) is 11.8 Å². The Morgan fingerprint density at radius 1 is 1.21 bits per heavy atom. The number of halogens is 1. The summed E-state index contributed by atoms with van der Waals surface area (Å²) < 4.78 is 0. The van der Waals surface area contributed by atoms with Crippen LogP contribution in [0.25, 0.3) is 0 Å². The molecule has 0 heterocycles. The van der Waals surface area contributed by atoms with Gasteiger partial charge in [-0.05, 0) is 44.6 Å². The van der Waals surface area contributed by atoms with Crippen molar-refractivity contribution in [3.8, 4) is 0 Å². The zero-order valence-corrected chi connectivity index (χ0v) is 18.8. The van der Waals surface area contributed by atoms with E-state index in [-0.39, 0.29) is 35.3 Å². The minimum absolute atomic E-state index is 0. The van der Waals surface area contributed by atoms with E-state index in [1.165, 1.54) is 12.2 Å². The molecule has 0 bridgehead atoms. The summed E-state index contributed by atoms with van der Waals surface area (Å²) in [6.45, 7) is 4.43. The quantitative estimate of drug-likeness (QED) is 0.236. The topological polar surface area (TPSA) is 56.7 Å². The van der Waals surface area contributed by atoms with Gasteiger partial charge in [-0.3, -0.25) is 9.79 Å². The molecule has 24 heavy (non-hydrogen) atoms. The molecule has 1 amide bonds. The minimum atomic E-state index is -0.287. The molecule has 1 fully saturated rings. The smallest absolute Gasteiger partial charge is 0.230 e. The summed E-state index contributed by atoms with van der Waals surface area (Å²) in [6.07, 6.45) is 8.69. The Balaban J connectivity index is 0.00000529. The van der Waals surface area contributed by atoms with Gasteiger partial charge >= 0.3 is 0 Å². The number of rotatable bonds is 9. The molecule has 1 saturated carbocycles. The van der Waals surface area contributed by atoms with Crippen LogP contribution in [0, 0.1) is 5.41 Å². The lowest BCUT2D eigenvalue weighted by Crippen LogP contribution is -2.43. The Kier molecular flexibility index (Phi) is 13.0. The Morgan fingerprint density at radius 2 is 1.88 bits per heavy atom. The van der Waals surface area contributed by atoms with E-state index in [4.69, 9.17) is 4.99 Å².